The first-order chi connectivity index (χ1) is 16.9. The van der Waals surface area contributed by atoms with Gasteiger partial charge in [-0.2, -0.15) is 0 Å². The minimum atomic E-state index is -5.22. The molecule has 204 valence electrons. The molecule has 0 aliphatic heterocycles. The van der Waals surface area contributed by atoms with E-state index in [1.165, 1.54) is 51.2 Å². The molecule has 0 amide bonds. The van der Waals surface area contributed by atoms with Gasteiger partial charge in [-0.05, 0) is 25.0 Å². The lowest BCUT2D eigenvalue weighted by Gasteiger charge is -2.25. The molecule has 0 bridgehead atoms. The summed E-state index contributed by atoms with van der Waals surface area (Å²) in [6.45, 7) is 4.96. The molecule has 0 radical (unpaired) electrons. The van der Waals surface area contributed by atoms with Crippen LogP contribution in [-0.4, -0.2) is 44.9 Å². The van der Waals surface area contributed by atoms with Crippen LogP contribution in [-0.2, 0) is 25.3 Å². The van der Waals surface area contributed by atoms with Gasteiger partial charge in [0.05, 0.1) is 6.61 Å². The Kier molecular flexibility index (Phi) is 13.9. The van der Waals surface area contributed by atoms with Gasteiger partial charge >= 0.3 is 25.2 Å². The van der Waals surface area contributed by atoms with Crippen LogP contribution in [0.4, 0.5) is 4.79 Å². The lowest BCUT2D eigenvalue weighted by atomic mass is 9.99. The molecule has 0 aromatic heterocycles. The van der Waals surface area contributed by atoms with E-state index in [1.54, 1.807) is 6.92 Å². The van der Waals surface area contributed by atoms with Crippen molar-refractivity contribution in [2.24, 2.45) is 0 Å². The third-order valence-electron chi connectivity index (χ3n) is 5.36. The molecular formula is C25H39O10P. The third-order valence-corrected chi connectivity index (χ3v) is 5.93. The minimum Gasteiger partial charge on any atom is -0.462 e. The molecule has 0 saturated heterocycles. The molecule has 11 heteroatoms. The fraction of sp³-hybridized carbons (Fsp3) is 0.640. The van der Waals surface area contributed by atoms with Crippen molar-refractivity contribution in [1.82, 2.24) is 0 Å². The van der Waals surface area contributed by atoms with Gasteiger partial charge in [0.1, 0.15) is 11.3 Å². The van der Waals surface area contributed by atoms with Crippen LogP contribution in [0.25, 0.3) is 0 Å². The van der Waals surface area contributed by atoms with Crippen LogP contribution in [0.15, 0.2) is 18.2 Å². The summed E-state index contributed by atoms with van der Waals surface area (Å²) in [5, 5.41) is 10.7. The Balaban J connectivity index is 2.76. The SMILES string of the molecule is CCCCCCCCCCCC(=O)OC(C)(O)Cc1cccc(OC(=O)P(=O)(O)O)c1C(=O)OCC. The molecule has 36 heavy (non-hydrogen) atoms. The predicted octanol–water partition coefficient (Wildman–Crippen LogP) is 5.25. The van der Waals surface area contributed by atoms with Gasteiger partial charge in [-0.3, -0.25) is 4.79 Å². The van der Waals surface area contributed by atoms with Crippen molar-refractivity contribution in [1.29, 1.82) is 0 Å². The van der Waals surface area contributed by atoms with Crippen molar-refractivity contribution in [3.8, 4) is 5.75 Å². The number of rotatable bonds is 17. The molecule has 0 spiro atoms. The number of carbonyl (C=O) groups excluding carboxylic acids is 3. The maximum Gasteiger partial charge on any atom is 0.433 e. The van der Waals surface area contributed by atoms with Crippen LogP contribution in [0.3, 0.4) is 0 Å². The molecule has 0 aliphatic carbocycles. The van der Waals surface area contributed by atoms with Crippen LogP contribution in [0.5, 0.6) is 5.75 Å². The highest BCUT2D eigenvalue weighted by molar-refractivity contribution is 7.69. The van der Waals surface area contributed by atoms with E-state index in [9.17, 15) is 24.1 Å². The highest BCUT2D eigenvalue weighted by Gasteiger charge is 2.33. The van der Waals surface area contributed by atoms with E-state index in [0.717, 1.165) is 25.3 Å². The minimum absolute atomic E-state index is 0.0246. The molecule has 1 atom stereocenters. The molecule has 1 rings (SSSR count). The van der Waals surface area contributed by atoms with Crippen LogP contribution in [0.2, 0.25) is 0 Å². The standard InChI is InChI=1S/C25H39O10P/c1-4-6-7-8-9-10-11-12-13-17-21(26)35-25(3,29)18-19-15-14-16-20(22(19)23(27)33-5-2)34-24(28)36(30,31)32/h14-16,29H,4-13,17-18H2,1-3H3,(H2,30,31,32). The highest BCUT2D eigenvalue weighted by Crippen LogP contribution is 2.39. The lowest BCUT2D eigenvalue weighted by Crippen LogP contribution is -2.34. The number of unbranched alkanes of at least 4 members (excludes halogenated alkanes) is 8. The first-order valence-electron chi connectivity index (χ1n) is 12.4. The van der Waals surface area contributed by atoms with E-state index >= 15 is 0 Å². The van der Waals surface area contributed by atoms with Gasteiger partial charge < -0.3 is 29.1 Å². The van der Waals surface area contributed by atoms with E-state index < -0.39 is 36.8 Å². The second-order valence-electron chi connectivity index (χ2n) is 8.83. The Bertz CT molecular complexity index is 906. The molecule has 1 unspecified atom stereocenters. The summed E-state index contributed by atoms with van der Waals surface area (Å²) < 4.78 is 26.1. The maximum atomic E-state index is 12.5. The first-order valence-corrected chi connectivity index (χ1v) is 14.0. The second kappa shape index (κ2) is 15.8. The zero-order chi connectivity index (χ0) is 27.2. The number of aliphatic hydroxyl groups is 1. The Hall–Kier alpha value is -2.26. The van der Waals surface area contributed by atoms with E-state index in [2.05, 4.69) is 6.92 Å². The Morgan fingerprint density at radius 1 is 0.944 bits per heavy atom. The van der Waals surface area contributed by atoms with E-state index in [4.69, 9.17) is 24.0 Å². The molecular weight excluding hydrogens is 491 g/mol. The van der Waals surface area contributed by atoms with E-state index in [-0.39, 0.29) is 30.6 Å². The van der Waals surface area contributed by atoms with Gasteiger partial charge in [-0.15, -0.1) is 0 Å². The highest BCUT2D eigenvalue weighted by atomic mass is 31.2. The van der Waals surface area contributed by atoms with Crippen molar-refractivity contribution in [2.45, 2.75) is 97.2 Å². The molecule has 0 fully saturated rings. The average Bonchev–Trinajstić information content (AvgIpc) is 2.77. The van der Waals surface area contributed by atoms with Gasteiger partial charge in [0, 0.05) is 19.8 Å². The molecule has 0 saturated carbocycles. The second-order valence-corrected chi connectivity index (χ2v) is 10.3. The van der Waals surface area contributed by atoms with Crippen molar-refractivity contribution < 1.29 is 48.1 Å². The fourth-order valence-corrected chi connectivity index (χ4v) is 3.88. The molecule has 3 N–H and O–H groups in total. The van der Waals surface area contributed by atoms with E-state index in [0.29, 0.717) is 6.42 Å². The topological polar surface area (TPSA) is 157 Å². The summed E-state index contributed by atoms with van der Waals surface area (Å²) in [7, 11) is -5.22. The van der Waals surface area contributed by atoms with Crippen LogP contribution in [0.1, 0.15) is 101 Å². The van der Waals surface area contributed by atoms with E-state index in [1.807, 2.05) is 0 Å². The smallest absolute Gasteiger partial charge is 0.433 e. The van der Waals surface area contributed by atoms with Crippen molar-refractivity contribution in [3.63, 3.8) is 0 Å². The van der Waals surface area contributed by atoms with Gasteiger partial charge in [0.25, 0.3) is 0 Å². The maximum absolute atomic E-state index is 12.5. The number of benzene rings is 1. The van der Waals surface area contributed by atoms with Crippen LogP contribution < -0.4 is 4.74 Å². The van der Waals surface area contributed by atoms with Crippen molar-refractivity contribution >= 4 is 25.2 Å². The van der Waals surface area contributed by atoms with Crippen molar-refractivity contribution in [2.75, 3.05) is 6.61 Å². The predicted molar refractivity (Wildman–Crippen MR) is 133 cm³/mol. The summed E-state index contributed by atoms with van der Waals surface area (Å²) in [4.78, 5) is 54.5. The van der Waals surface area contributed by atoms with Gasteiger partial charge in [-0.1, -0.05) is 70.4 Å². The monoisotopic (exact) mass is 530 g/mol. The molecule has 1 aromatic rings. The van der Waals surface area contributed by atoms with Crippen LogP contribution >= 0.6 is 7.60 Å². The Morgan fingerprint density at radius 3 is 2.08 bits per heavy atom. The summed E-state index contributed by atoms with van der Waals surface area (Å²) in [6.07, 6.45) is 9.58. The Labute approximate surface area is 212 Å². The number of esters is 2. The molecule has 0 aliphatic rings. The van der Waals surface area contributed by atoms with Gasteiger partial charge in [-0.25, -0.2) is 14.2 Å². The zero-order valence-electron chi connectivity index (χ0n) is 21.4. The largest absolute Gasteiger partial charge is 0.462 e. The fourth-order valence-electron chi connectivity index (χ4n) is 3.66. The third kappa shape index (κ3) is 12.1. The first kappa shape index (κ1) is 31.8. The molecule has 0 heterocycles. The normalized spacial score (nSPS) is 13.1. The molecule has 1 aromatic carbocycles. The van der Waals surface area contributed by atoms with Gasteiger partial charge in [0.2, 0.25) is 5.79 Å². The summed E-state index contributed by atoms with van der Waals surface area (Å²) in [6, 6.07) is 3.94. The zero-order valence-corrected chi connectivity index (χ0v) is 22.3. The number of carbonyl (C=O) groups is 3. The number of hydrogen-bond acceptors (Lipinski definition) is 8. The number of ether oxygens (including phenoxy) is 3. The lowest BCUT2D eigenvalue weighted by molar-refractivity contribution is -0.201. The summed E-state index contributed by atoms with van der Waals surface area (Å²) in [5.41, 5.74) is -2.05. The molecule has 10 nitrogen and oxygen atoms in total. The summed E-state index contributed by atoms with van der Waals surface area (Å²) in [5.74, 6) is -3.97. The summed E-state index contributed by atoms with van der Waals surface area (Å²) >= 11 is 0. The van der Waals surface area contributed by atoms with Crippen molar-refractivity contribution in [3.05, 3.63) is 29.3 Å². The average molecular weight is 531 g/mol. The van der Waals surface area contributed by atoms with Gasteiger partial charge in [0.15, 0.2) is 0 Å². The quantitative estimate of drug-likeness (QED) is 0.105. The Morgan fingerprint density at radius 2 is 1.53 bits per heavy atom. The van der Waals surface area contributed by atoms with Crippen LogP contribution in [0, 0.1) is 0 Å². The number of hydrogen-bond donors (Lipinski definition) is 3.